The second-order valence-electron chi connectivity index (χ2n) is 3.21. The van der Waals surface area contributed by atoms with Gasteiger partial charge in [0.05, 0.1) is 0 Å². The van der Waals surface area contributed by atoms with E-state index in [1.54, 1.807) is 12.1 Å². The molecule has 0 bridgehead atoms. The van der Waals surface area contributed by atoms with Crippen molar-refractivity contribution in [1.82, 2.24) is 0 Å². The van der Waals surface area contributed by atoms with E-state index < -0.39 is 32.6 Å². The topological polar surface area (TPSA) is 52.6 Å². The minimum absolute atomic E-state index is 0.599. The van der Waals surface area contributed by atoms with E-state index in [2.05, 4.69) is 13.2 Å². The van der Waals surface area contributed by atoms with Gasteiger partial charge in [0, 0.05) is 0 Å². The van der Waals surface area contributed by atoms with Gasteiger partial charge in [-0.3, -0.25) is 0 Å². The molecule has 1 aromatic carbocycles. The van der Waals surface area contributed by atoms with E-state index in [0.29, 0.717) is 0 Å². The maximum atomic E-state index is 11.2. The van der Waals surface area contributed by atoms with Crippen LogP contribution in [-0.2, 0) is 15.7 Å². The first kappa shape index (κ1) is 14.4. The average molecular weight is 360 g/mol. The molecule has 0 aliphatic carbocycles. The SMILES string of the molecule is C=CC(=O)OI(OC(=O)C=C)c1ccc(C)cc1. The van der Waals surface area contributed by atoms with Gasteiger partial charge in [0.1, 0.15) is 0 Å². The predicted octanol–water partition coefficient (Wildman–Crippen LogP) is 2.96. The third-order valence-corrected chi connectivity index (χ3v) is 5.22. The van der Waals surface area contributed by atoms with E-state index in [0.717, 1.165) is 21.3 Å². The zero-order valence-corrected chi connectivity index (χ0v) is 12.0. The molecule has 0 atom stereocenters. The first-order chi connectivity index (χ1) is 8.56. The zero-order chi connectivity index (χ0) is 13.5. The van der Waals surface area contributed by atoms with Crippen LogP contribution in [0.4, 0.5) is 0 Å². The van der Waals surface area contributed by atoms with Crippen LogP contribution in [0.25, 0.3) is 0 Å². The summed E-state index contributed by atoms with van der Waals surface area (Å²) in [6.45, 7) is 8.56. The molecular formula is C13H13IO4. The Kier molecular flexibility index (Phi) is 5.57. The molecule has 4 nitrogen and oxygen atoms in total. The van der Waals surface area contributed by atoms with Gasteiger partial charge in [-0.15, -0.1) is 0 Å². The molecule has 0 aromatic heterocycles. The first-order valence-corrected chi connectivity index (χ1v) is 7.87. The summed E-state index contributed by atoms with van der Waals surface area (Å²) in [6.07, 6.45) is 2.08. The van der Waals surface area contributed by atoms with Crippen LogP contribution in [0, 0.1) is 10.5 Å². The van der Waals surface area contributed by atoms with Gasteiger partial charge in [0.15, 0.2) is 0 Å². The Morgan fingerprint density at radius 1 is 1.06 bits per heavy atom. The van der Waals surface area contributed by atoms with E-state index >= 15 is 0 Å². The van der Waals surface area contributed by atoms with Crippen molar-refractivity contribution in [1.29, 1.82) is 0 Å². The molecule has 0 saturated heterocycles. The molecule has 0 N–H and O–H groups in total. The van der Waals surface area contributed by atoms with Crippen molar-refractivity contribution in [3.8, 4) is 0 Å². The second kappa shape index (κ2) is 6.95. The number of halogens is 1. The molecule has 0 aliphatic rings. The molecule has 0 saturated carbocycles. The summed E-state index contributed by atoms with van der Waals surface area (Å²) >= 11 is -2.80. The van der Waals surface area contributed by atoms with Crippen molar-refractivity contribution in [3.05, 3.63) is 58.7 Å². The molecule has 0 amide bonds. The number of carbonyl (C=O) groups excluding carboxylic acids is 2. The van der Waals surface area contributed by atoms with Crippen molar-refractivity contribution >= 4 is 32.6 Å². The summed E-state index contributed by atoms with van der Waals surface area (Å²) in [5.74, 6) is -1.20. The van der Waals surface area contributed by atoms with Crippen molar-refractivity contribution in [2.75, 3.05) is 0 Å². The number of hydrogen-bond donors (Lipinski definition) is 0. The molecule has 0 unspecified atom stereocenters. The maximum absolute atomic E-state index is 11.2. The Bertz CT molecular complexity index is 442. The normalized spacial score (nSPS) is 10.2. The van der Waals surface area contributed by atoms with Crippen molar-refractivity contribution in [2.24, 2.45) is 0 Å². The molecule has 0 fully saturated rings. The van der Waals surface area contributed by atoms with Gasteiger partial charge in [-0.2, -0.15) is 0 Å². The standard InChI is InChI=1S/C13H13IO4/c1-4-12(15)17-14(18-13(16)5-2)11-8-6-10(3)7-9-11/h4-9H,1-2H2,3H3. The Morgan fingerprint density at radius 3 is 1.89 bits per heavy atom. The first-order valence-electron chi connectivity index (χ1n) is 5.03. The Balaban J connectivity index is 2.91. The average Bonchev–Trinajstić information content (AvgIpc) is 2.38. The summed E-state index contributed by atoms with van der Waals surface area (Å²) < 4.78 is 10.9. The molecule has 0 heterocycles. The molecule has 0 aliphatic heterocycles. The fourth-order valence-corrected chi connectivity index (χ4v) is 3.64. The quantitative estimate of drug-likeness (QED) is 0.599. The third-order valence-electron chi connectivity index (χ3n) is 1.81. The third kappa shape index (κ3) is 4.33. The monoisotopic (exact) mass is 360 g/mol. The van der Waals surface area contributed by atoms with Gasteiger partial charge in [0.25, 0.3) is 0 Å². The fraction of sp³-hybridized carbons (Fsp3) is 0.0769. The van der Waals surface area contributed by atoms with Crippen LogP contribution < -0.4 is 0 Å². The Hall–Kier alpha value is -1.63. The molecule has 18 heavy (non-hydrogen) atoms. The molecular weight excluding hydrogens is 347 g/mol. The fourth-order valence-electron chi connectivity index (χ4n) is 0.942. The van der Waals surface area contributed by atoms with Crippen molar-refractivity contribution < 1.29 is 15.7 Å². The summed E-state index contributed by atoms with van der Waals surface area (Å²) in [5.41, 5.74) is 1.07. The zero-order valence-electron chi connectivity index (χ0n) is 9.89. The summed E-state index contributed by atoms with van der Waals surface area (Å²) in [5, 5.41) is 0. The van der Waals surface area contributed by atoms with Gasteiger partial charge in [-0.25, -0.2) is 0 Å². The van der Waals surface area contributed by atoms with Gasteiger partial charge >= 0.3 is 114 Å². The summed E-state index contributed by atoms with van der Waals surface area (Å²) in [4.78, 5) is 22.4. The van der Waals surface area contributed by atoms with Crippen molar-refractivity contribution in [2.45, 2.75) is 6.92 Å². The molecule has 1 rings (SSSR count). The minimum atomic E-state index is -2.80. The van der Waals surface area contributed by atoms with E-state index in [4.69, 9.17) is 6.13 Å². The van der Waals surface area contributed by atoms with Crippen molar-refractivity contribution in [3.63, 3.8) is 0 Å². The molecule has 0 radical (unpaired) electrons. The van der Waals surface area contributed by atoms with Gasteiger partial charge in [-0.05, 0) is 0 Å². The van der Waals surface area contributed by atoms with Crippen LogP contribution in [0.15, 0.2) is 49.6 Å². The van der Waals surface area contributed by atoms with E-state index in [-0.39, 0.29) is 0 Å². The van der Waals surface area contributed by atoms with Crippen LogP contribution in [0.1, 0.15) is 5.56 Å². The summed E-state index contributed by atoms with van der Waals surface area (Å²) in [6, 6.07) is 7.30. The van der Waals surface area contributed by atoms with Crippen LogP contribution in [-0.4, -0.2) is 11.9 Å². The molecule has 96 valence electrons. The molecule has 0 spiro atoms. The van der Waals surface area contributed by atoms with Gasteiger partial charge in [0.2, 0.25) is 0 Å². The van der Waals surface area contributed by atoms with Crippen LogP contribution in [0.2, 0.25) is 0 Å². The number of hydrogen-bond acceptors (Lipinski definition) is 4. The Labute approximate surface area is 114 Å². The number of carbonyl (C=O) groups is 2. The molecule has 5 heteroatoms. The van der Waals surface area contributed by atoms with E-state index in [1.807, 2.05) is 19.1 Å². The second-order valence-corrected chi connectivity index (χ2v) is 6.58. The van der Waals surface area contributed by atoms with Crippen LogP contribution in [0.5, 0.6) is 0 Å². The van der Waals surface area contributed by atoms with Gasteiger partial charge < -0.3 is 0 Å². The summed E-state index contributed by atoms with van der Waals surface area (Å²) in [7, 11) is 0. The van der Waals surface area contributed by atoms with Crippen LogP contribution >= 0.6 is 20.6 Å². The number of aryl methyl sites for hydroxylation is 1. The predicted molar refractivity (Wildman–Crippen MR) is 76.5 cm³/mol. The van der Waals surface area contributed by atoms with Crippen LogP contribution in [0.3, 0.4) is 0 Å². The van der Waals surface area contributed by atoms with E-state index in [9.17, 15) is 9.59 Å². The number of benzene rings is 1. The van der Waals surface area contributed by atoms with E-state index in [1.165, 1.54) is 0 Å². The number of rotatable bonds is 5. The molecule has 1 aromatic rings. The van der Waals surface area contributed by atoms with Gasteiger partial charge in [-0.1, -0.05) is 0 Å². The Morgan fingerprint density at radius 2 is 1.50 bits per heavy atom.